The number of rotatable bonds is 9. The number of aromatic nitrogens is 1. The van der Waals surface area contributed by atoms with Crippen LogP contribution in [0.1, 0.15) is 21.5 Å². The van der Waals surface area contributed by atoms with E-state index >= 15 is 0 Å². The van der Waals surface area contributed by atoms with Gasteiger partial charge in [-0.2, -0.15) is 5.10 Å². The molecule has 0 aliphatic carbocycles. The average Bonchev–Trinajstić information content (AvgIpc) is 3.50. The Kier molecular flexibility index (Phi) is 9.09. The Morgan fingerprint density at radius 2 is 1.59 bits per heavy atom. The quantitative estimate of drug-likeness (QED) is 0.120. The molecule has 0 saturated carbocycles. The molecule has 0 spiro atoms. The van der Waals surface area contributed by atoms with Crippen molar-refractivity contribution in [1.29, 1.82) is 0 Å². The number of carbonyl (C=O) groups excluding carboxylic acids is 1. The van der Waals surface area contributed by atoms with Gasteiger partial charge in [0, 0.05) is 27.2 Å². The SMILES string of the molecule is O=C(N/N=C\c1cc(Cl)c(OCc2ccc3ccccc3c2)c(Cl)c1)c1ccc(-c2csc(Nc3ccc(Cl)cc3)n2)cc1. The summed E-state index contributed by atoms with van der Waals surface area (Å²) in [6.07, 6.45) is 1.47. The van der Waals surface area contributed by atoms with Crippen molar-refractivity contribution in [2.45, 2.75) is 6.61 Å². The maximum absolute atomic E-state index is 12.7. The number of anilines is 2. The topological polar surface area (TPSA) is 75.6 Å². The number of nitrogens with zero attached hydrogens (tertiary/aromatic N) is 2. The predicted molar refractivity (Wildman–Crippen MR) is 182 cm³/mol. The number of nitrogens with one attached hydrogen (secondary N) is 2. The molecular formula is C34H23Cl3N4O2S. The number of carbonyl (C=O) groups is 1. The van der Waals surface area contributed by atoms with Crippen molar-refractivity contribution in [1.82, 2.24) is 10.4 Å². The van der Waals surface area contributed by atoms with Crippen molar-refractivity contribution >= 4 is 79.9 Å². The zero-order valence-corrected chi connectivity index (χ0v) is 26.0. The summed E-state index contributed by atoms with van der Waals surface area (Å²) in [5.41, 5.74) is 7.19. The minimum absolute atomic E-state index is 0.316. The summed E-state index contributed by atoms with van der Waals surface area (Å²) >= 11 is 20.4. The van der Waals surface area contributed by atoms with E-state index in [4.69, 9.17) is 39.5 Å². The van der Waals surface area contributed by atoms with E-state index in [0.717, 1.165) is 38.4 Å². The molecule has 2 N–H and O–H groups in total. The second-order valence-electron chi connectivity index (χ2n) is 9.73. The lowest BCUT2D eigenvalue weighted by Crippen LogP contribution is -2.17. The Morgan fingerprint density at radius 3 is 2.34 bits per heavy atom. The van der Waals surface area contributed by atoms with Gasteiger partial charge in [0.15, 0.2) is 10.9 Å². The van der Waals surface area contributed by atoms with Gasteiger partial charge in [-0.1, -0.05) is 83.3 Å². The highest BCUT2D eigenvalue weighted by Gasteiger charge is 2.11. The molecule has 1 amide bonds. The van der Waals surface area contributed by atoms with Gasteiger partial charge in [-0.05, 0) is 76.5 Å². The largest absolute Gasteiger partial charge is 0.486 e. The van der Waals surface area contributed by atoms with Gasteiger partial charge in [-0.3, -0.25) is 4.79 Å². The molecule has 6 nitrogen and oxygen atoms in total. The molecule has 5 aromatic carbocycles. The molecule has 0 saturated heterocycles. The lowest BCUT2D eigenvalue weighted by molar-refractivity contribution is 0.0955. The highest BCUT2D eigenvalue weighted by Crippen LogP contribution is 2.35. The maximum Gasteiger partial charge on any atom is 0.271 e. The molecule has 0 fully saturated rings. The van der Waals surface area contributed by atoms with Gasteiger partial charge in [0.25, 0.3) is 5.91 Å². The van der Waals surface area contributed by atoms with Crippen LogP contribution >= 0.6 is 46.1 Å². The maximum atomic E-state index is 12.7. The minimum Gasteiger partial charge on any atom is -0.486 e. The third-order valence-corrected chi connectivity index (χ3v) is 8.21. The van der Waals surface area contributed by atoms with Gasteiger partial charge < -0.3 is 10.1 Å². The number of hydrogen-bond acceptors (Lipinski definition) is 6. The van der Waals surface area contributed by atoms with E-state index in [-0.39, 0.29) is 5.91 Å². The van der Waals surface area contributed by atoms with Crippen LogP contribution < -0.4 is 15.5 Å². The van der Waals surface area contributed by atoms with Crippen molar-refractivity contribution in [2.75, 3.05) is 5.32 Å². The van der Waals surface area contributed by atoms with E-state index in [1.54, 1.807) is 24.3 Å². The molecule has 0 unspecified atom stereocenters. The van der Waals surface area contributed by atoms with Crippen LogP contribution in [-0.4, -0.2) is 17.1 Å². The molecular weight excluding hydrogens is 635 g/mol. The average molecular weight is 658 g/mol. The van der Waals surface area contributed by atoms with Crippen LogP contribution in [0.5, 0.6) is 5.75 Å². The summed E-state index contributed by atoms with van der Waals surface area (Å²) in [7, 11) is 0. The van der Waals surface area contributed by atoms with Crippen LogP contribution in [0, 0.1) is 0 Å². The molecule has 218 valence electrons. The van der Waals surface area contributed by atoms with Crippen LogP contribution in [-0.2, 0) is 6.61 Å². The minimum atomic E-state index is -0.358. The first-order valence-corrected chi connectivity index (χ1v) is 15.4. The lowest BCUT2D eigenvalue weighted by atomic mass is 10.1. The second kappa shape index (κ2) is 13.5. The van der Waals surface area contributed by atoms with E-state index in [9.17, 15) is 4.79 Å². The Bertz CT molecular complexity index is 1950. The Labute approximate surface area is 272 Å². The summed E-state index contributed by atoms with van der Waals surface area (Å²) in [5.74, 6) is 0.0273. The van der Waals surface area contributed by atoms with Gasteiger partial charge in [0.2, 0.25) is 0 Å². The Hall–Kier alpha value is -4.40. The van der Waals surface area contributed by atoms with Gasteiger partial charge >= 0.3 is 0 Å². The van der Waals surface area contributed by atoms with E-state index in [1.165, 1.54) is 17.6 Å². The number of hydrazone groups is 1. The molecule has 0 aliphatic rings. The highest BCUT2D eigenvalue weighted by molar-refractivity contribution is 7.14. The molecule has 0 atom stereocenters. The van der Waals surface area contributed by atoms with Gasteiger partial charge in [0.05, 0.1) is 22.0 Å². The molecule has 6 rings (SSSR count). The van der Waals surface area contributed by atoms with Crippen LogP contribution in [0.2, 0.25) is 15.1 Å². The fourth-order valence-electron chi connectivity index (χ4n) is 4.42. The first kappa shape index (κ1) is 29.7. The van der Waals surface area contributed by atoms with E-state index in [1.807, 2.05) is 60.0 Å². The van der Waals surface area contributed by atoms with Gasteiger partial charge in [0.1, 0.15) is 6.61 Å². The van der Waals surface area contributed by atoms with Crippen LogP contribution in [0.25, 0.3) is 22.0 Å². The summed E-state index contributed by atoms with van der Waals surface area (Å²) in [6.45, 7) is 0.316. The fourth-order valence-corrected chi connectivity index (χ4v) is 5.90. The number of amides is 1. The molecule has 6 aromatic rings. The summed E-state index contributed by atoms with van der Waals surface area (Å²) in [6, 6.07) is 32.2. The zero-order chi connectivity index (χ0) is 30.5. The number of ether oxygens (including phenoxy) is 1. The molecule has 0 aliphatic heterocycles. The van der Waals surface area contributed by atoms with Crippen LogP contribution in [0.15, 0.2) is 114 Å². The number of hydrogen-bond donors (Lipinski definition) is 2. The van der Waals surface area contributed by atoms with Gasteiger partial charge in [-0.15, -0.1) is 11.3 Å². The number of thiazole rings is 1. The first-order chi connectivity index (χ1) is 21.4. The summed E-state index contributed by atoms with van der Waals surface area (Å²) in [5, 5.41) is 13.7. The molecule has 10 heteroatoms. The monoisotopic (exact) mass is 656 g/mol. The highest BCUT2D eigenvalue weighted by atomic mass is 35.5. The van der Waals surface area contributed by atoms with Crippen LogP contribution in [0.4, 0.5) is 10.8 Å². The fraction of sp³-hybridized carbons (Fsp3) is 0.0294. The van der Waals surface area contributed by atoms with Crippen LogP contribution in [0.3, 0.4) is 0 Å². The molecule has 1 heterocycles. The van der Waals surface area contributed by atoms with Crippen molar-refractivity contribution in [3.63, 3.8) is 0 Å². The first-order valence-electron chi connectivity index (χ1n) is 13.4. The van der Waals surface area contributed by atoms with Crippen molar-refractivity contribution in [3.8, 4) is 17.0 Å². The van der Waals surface area contributed by atoms with Crippen molar-refractivity contribution in [2.24, 2.45) is 5.10 Å². The molecule has 0 bridgehead atoms. The zero-order valence-electron chi connectivity index (χ0n) is 22.9. The second-order valence-corrected chi connectivity index (χ2v) is 11.8. The lowest BCUT2D eigenvalue weighted by Gasteiger charge is -2.11. The smallest absolute Gasteiger partial charge is 0.271 e. The van der Waals surface area contributed by atoms with E-state index in [0.29, 0.717) is 38.6 Å². The standard InChI is InChI=1S/C34H23Cl3N4O2S/c35-27-11-13-28(14-12-27)39-34-40-31(20-44-34)24-7-9-25(10-8-24)33(42)41-38-18-22-16-29(36)32(30(37)17-22)43-19-21-5-6-23-3-1-2-4-26(23)15-21/h1-18,20H,19H2,(H,39,40)(H,41,42)/b38-18-. The van der Waals surface area contributed by atoms with E-state index in [2.05, 4.69) is 45.1 Å². The van der Waals surface area contributed by atoms with Crippen molar-refractivity contribution < 1.29 is 9.53 Å². The molecule has 0 radical (unpaired) electrons. The summed E-state index contributed by atoms with van der Waals surface area (Å²) in [4.78, 5) is 17.3. The predicted octanol–water partition coefficient (Wildman–Crippen LogP) is 10.0. The number of halogens is 3. The third-order valence-electron chi connectivity index (χ3n) is 6.64. The molecule has 1 aromatic heterocycles. The van der Waals surface area contributed by atoms with E-state index < -0.39 is 0 Å². The number of fused-ring (bicyclic) bond motifs is 1. The van der Waals surface area contributed by atoms with Gasteiger partial charge in [-0.25, -0.2) is 10.4 Å². The van der Waals surface area contributed by atoms with Crippen molar-refractivity contribution in [3.05, 3.63) is 140 Å². The normalized spacial score (nSPS) is 11.2. The number of benzene rings is 5. The Balaban J connectivity index is 1.04. The third kappa shape index (κ3) is 7.21. The summed E-state index contributed by atoms with van der Waals surface area (Å²) < 4.78 is 5.94. The molecule has 44 heavy (non-hydrogen) atoms. The Morgan fingerprint density at radius 1 is 0.864 bits per heavy atom.